The van der Waals surface area contributed by atoms with Crippen molar-refractivity contribution in [1.82, 2.24) is 5.32 Å². The molecule has 1 aromatic rings. The lowest BCUT2D eigenvalue weighted by Gasteiger charge is -2.11. The van der Waals surface area contributed by atoms with Gasteiger partial charge in [-0.05, 0) is 17.7 Å². The minimum absolute atomic E-state index is 0.228. The average Bonchev–Trinajstić information content (AvgIpc) is 2.30. The van der Waals surface area contributed by atoms with Gasteiger partial charge in [-0.1, -0.05) is 12.1 Å². The summed E-state index contributed by atoms with van der Waals surface area (Å²) in [4.78, 5) is 0. The minimum atomic E-state index is -4.68. The van der Waals surface area contributed by atoms with Crippen LogP contribution in [0.1, 0.15) is 5.56 Å². The molecular weight excluding hydrogens is 263 g/mol. The number of ether oxygens (including phenoxy) is 2. The summed E-state index contributed by atoms with van der Waals surface area (Å²) in [5, 5.41) is 12.3. The van der Waals surface area contributed by atoms with Gasteiger partial charge in [0.05, 0.1) is 12.7 Å². The normalized spacial score (nSPS) is 13.3. The van der Waals surface area contributed by atoms with Gasteiger partial charge in [0.15, 0.2) is 0 Å². The van der Waals surface area contributed by atoms with Crippen LogP contribution in [0.3, 0.4) is 0 Å². The van der Waals surface area contributed by atoms with E-state index in [9.17, 15) is 18.3 Å². The van der Waals surface area contributed by atoms with Gasteiger partial charge < -0.3 is 19.9 Å². The van der Waals surface area contributed by atoms with Crippen molar-refractivity contribution < 1.29 is 27.8 Å². The summed E-state index contributed by atoms with van der Waals surface area (Å²) in [6, 6.07) is 5.54. The smallest absolute Gasteiger partial charge is 0.406 e. The van der Waals surface area contributed by atoms with Crippen LogP contribution in [0.2, 0.25) is 0 Å². The number of methoxy groups -OCH3 is 1. The summed E-state index contributed by atoms with van der Waals surface area (Å²) in [5.41, 5.74) is 0.791. The number of alkyl halides is 3. The third-order valence-electron chi connectivity index (χ3n) is 2.23. The lowest BCUT2D eigenvalue weighted by molar-refractivity contribution is -0.274. The van der Waals surface area contributed by atoms with Gasteiger partial charge in [-0.3, -0.25) is 0 Å². The van der Waals surface area contributed by atoms with Crippen LogP contribution in [0, 0.1) is 0 Å². The lowest BCUT2D eigenvalue weighted by Crippen LogP contribution is -2.29. The van der Waals surface area contributed by atoms with Crippen molar-refractivity contribution in [2.45, 2.75) is 19.0 Å². The van der Waals surface area contributed by atoms with Gasteiger partial charge in [0.25, 0.3) is 0 Å². The topological polar surface area (TPSA) is 50.7 Å². The van der Waals surface area contributed by atoms with Crippen molar-refractivity contribution in [2.75, 3.05) is 20.3 Å². The van der Waals surface area contributed by atoms with Gasteiger partial charge in [0, 0.05) is 20.2 Å². The average molecular weight is 279 g/mol. The first kappa shape index (κ1) is 15.7. The van der Waals surface area contributed by atoms with Gasteiger partial charge in [-0.25, -0.2) is 0 Å². The number of nitrogens with one attached hydrogen (secondary N) is 1. The molecule has 1 aromatic carbocycles. The van der Waals surface area contributed by atoms with Crippen LogP contribution in [0.15, 0.2) is 24.3 Å². The second-order valence-electron chi connectivity index (χ2n) is 3.93. The summed E-state index contributed by atoms with van der Waals surface area (Å²) in [7, 11) is 1.49. The Bertz CT molecular complexity index is 367. The molecule has 0 radical (unpaired) electrons. The second-order valence-corrected chi connectivity index (χ2v) is 3.93. The van der Waals surface area contributed by atoms with E-state index < -0.39 is 12.5 Å². The second kappa shape index (κ2) is 7.32. The summed E-state index contributed by atoms with van der Waals surface area (Å²) in [5.74, 6) is -0.254. The molecule has 0 fully saturated rings. The molecule has 0 amide bonds. The molecule has 0 aromatic heterocycles. The fourth-order valence-electron chi connectivity index (χ4n) is 1.44. The van der Waals surface area contributed by atoms with E-state index in [0.717, 1.165) is 5.56 Å². The molecule has 0 aliphatic heterocycles. The maximum Gasteiger partial charge on any atom is 0.573 e. The summed E-state index contributed by atoms with van der Waals surface area (Å²) >= 11 is 0. The quantitative estimate of drug-likeness (QED) is 0.797. The number of halogens is 3. The van der Waals surface area contributed by atoms with Crippen LogP contribution in [-0.4, -0.2) is 37.8 Å². The molecule has 108 valence electrons. The fraction of sp³-hybridized carbons (Fsp3) is 0.500. The van der Waals surface area contributed by atoms with Crippen LogP contribution >= 0.6 is 0 Å². The fourth-order valence-corrected chi connectivity index (χ4v) is 1.44. The van der Waals surface area contributed by atoms with Crippen molar-refractivity contribution in [3.05, 3.63) is 29.8 Å². The first-order valence-electron chi connectivity index (χ1n) is 5.63. The Morgan fingerprint density at radius 2 is 1.89 bits per heavy atom. The van der Waals surface area contributed by atoms with Crippen molar-refractivity contribution in [3.63, 3.8) is 0 Å². The molecule has 4 nitrogen and oxygen atoms in total. The third-order valence-corrected chi connectivity index (χ3v) is 2.23. The predicted molar refractivity (Wildman–Crippen MR) is 62.7 cm³/mol. The largest absolute Gasteiger partial charge is 0.573 e. The molecule has 1 unspecified atom stereocenters. The van der Waals surface area contributed by atoms with E-state index in [4.69, 9.17) is 4.74 Å². The molecule has 0 aliphatic rings. The van der Waals surface area contributed by atoms with Gasteiger partial charge >= 0.3 is 6.36 Å². The number of hydrogen-bond donors (Lipinski definition) is 2. The molecule has 0 spiro atoms. The van der Waals surface area contributed by atoms with E-state index in [1.165, 1.54) is 31.4 Å². The number of hydrogen-bond acceptors (Lipinski definition) is 4. The molecular formula is C12H16F3NO3. The van der Waals surface area contributed by atoms with E-state index in [-0.39, 0.29) is 12.4 Å². The zero-order chi connectivity index (χ0) is 14.3. The molecule has 0 saturated heterocycles. The maximum absolute atomic E-state index is 11.9. The van der Waals surface area contributed by atoms with Gasteiger partial charge in [0.2, 0.25) is 0 Å². The Kier molecular flexibility index (Phi) is 6.07. The molecule has 0 bridgehead atoms. The highest BCUT2D eigenvalue weighted by atomic mass is 19.4. The summed E-state index contributed by atoms with van der Waals surface area (Å²) in [6.07, 6.45) is -5.29. The van der Waals surface area contributed by atoms with Crippen molar-refractivity contribution >= 4 is 0 Å². The molecule has 1 rings (SSSR count). The third kappa shape index (κ3) is 7.00. The van der Waals surface area contributed by atoms with Crippen LogP contribution in [0.25, 0.3) is 0 Å². The predicted octanol–water partition coefficient (Wildman–Crippen LogP) is 1.68. The van der Waals surface area contributed by atoms with E-state index in [1.807, 2.05) is 0 Å². The molecule has 0 heterocycles. The number of rotatable bonds is 7. The standard InChI is InChI=1S/C12H16F3NO3/c1-18-8-10(17)7-16-6-9-2-4-11(5-3-9)19-12(13,14)15/h2-5,10,16-17H,6-8H2,1H3. The lowest BCUT2D eigenvalue weighted by atomic mass is 10.2. The molecule has 1 atom stereocenters. The molecule has 7 heteroatoms. The zero-order valence-corrected chi connectivity index (χ0v) is 10.4. The summed E-state index contributed by atoms with van der Waals surface area (Å²) < 4.78 is 44.3. The molecule has 0 saturated carbocycles. The molecule has 2 N–H and O–H groups in total. The first-order chi connectivity index (χ1) is 8.90. The van der Waals surface area contributed by atoms with Crippen molar-refractivity contribution in [1.29, 1.82) is 0 Å². The van der Waals surface area contributed by atoms with E-state index >= 15 is 0 Å². The van der Waals surface area contributed by atoms with Gasteiger partial charge in [-0.2, -0.15) is 0 Å². The highest BCUT2D eigenvalue weighted by molar-refractivity contribution is 5.27. The van der Waals surface area contributed by atoms with E-state index in [1.54, 1.807) is 0 Å². The Labute approximate surface area is 109 Å². The Morgan fingerprint density at radius 1 is 1.26 bits per heavy atom. The number of benzene rings is 1. The Morgan fingerprint density at radius 3 is 2.42 bits per heavy atom. The monoisotopic (exact) mass is 279 g/mol. The Hall–Kier alpha value is -1.31. The molecule has 19 heavy (non-hydrogen) atoms. The van der Waals surface area contributed by atoms with Gasteiger partial charge in [-0.15, -0.1) is 13.2 Å². The first-order valence-corrected chi connectivity index (χ1v) is 5.63. The highest BCUT2D eigenvalue weighted by Crippen LogP contribution is 2.22. The van der Waals surface area contributed by atoms with Crippen LogP contribution in [-0.2, 0) is 11.3 Å². The molecule has 0 aliphatic carbocycles. The minimum Gasteiger partial charge on any atom is -0.406 e. The Balaban J connectivity index is 2.36. The highest BCUT2D eigenvalue weighted by Gasteiger charge is 2.30. The van der Waals surface area contributed by atoms with Crippen LogP contribution in [0.4, 0.5) is 13.2 Å². The van der Waals surface area contributed by atoms with Crippen LogP contribution in [0.5, 0.6) is 5.75 Å². The zero-order valence-electron chi connectivity index (χ0n) is 10.4. The SMILES string of the molecule is COCC(O)CNCc1ccc(OC(F)(F)F)cc1. The van der Waals surface area contributed by atoms with Crippen molar-refractivity contribution in [2.24, 2.45) is 0 Å². The van der Waals surface area contributed by atoms with Crippen molar-refractivity contribution in [3.8, 4) is 5.75 Å². The van der Waals surface area contributed by atoms with Crippen LogP contribution < -0.4 is 10.1 Å². The van der Waals surface area contributed by atoms with E-state index in [0.29, 0.717) is 13.1 Å². The maximum atomic E-state index is 11.9. The summed E-state index contributed by atoms with van der Waals surface area (Å²) in [6.45, 7) is 1.01. The number of aliphatic hydroxyl groups is 1. The number of aliphatic hydroxyl groups excluding tert-OH is 1. The van der Waals surface area contributed by atoms with E-state index in [2.05, 4.69) is 10.1 Å². The van der Waals surface area contributed by atoms with Gasteiger partial charge in [0.1, 0.15) is 5.75 Å².